The average Bonchev–Trinajstić information content (AvgIpc) is 2.89. The topological polar surface area (TPSA) is 38.0 Å². The Morgan fingerprint density at radius 2 is 2.12 bits per heavy atom. The van der Waals surface area contributed by atoms with Crippen molar-refractivity contribution in [2.45, 2.75) is 39.0 Å². The number of aromatic nitrogens is 2. The Labute approximate surface area is 108 Å². The van der Waals surface area contributed by atoms with Gasteiger partial charge in [-0.3, -0.25) is 4.68 Å². The van der Waals surface area contributed by atoms with Crippen molar-refractivity contribution in [3.05, 3.63) is 16.4 Å². The van der Waals surface area contributed by atoms with E-state index in [9.17, 15) is 5.11 Å². The second-order valence-electron chi connectivity index (χ2n) is 5.17. The fourth-order valence-corrected chi connectivity index (χ4v) is 3.23. The highest BCUT2D eigenvalue weighted by atomic mass is 35.5. The summed E-state index contributed by atoms with van der Waals surface area (Å²) in [5.74, 6) is 1.01. The van der Waals surface area contributed by atoms with Crippen LogP contribution in [0.3, 0.4) is 0 Å². The molecule has 96 valence electrons. The number of hydrogen-bond donors (Lipinski definition) is 1. The third kappa shape index (κ3) is 2.66. The maximum Gasteiger partial charge on any atom is 0.130 e. The second-order valence-corrected chi connectivity index (χ2v) is 5.53. The highest BCUT2D eigenvalue weighted by molar-refractivity contribution is 6.30. The number of nitrogens with zero attached hydrogens (tertiary/aromatic N) is 2. The molecule has 1 aromatic heterocycles. The molecule has 0 radical (unpaired) electrons. The minimum atomic E-state index is 0.259. The Morgan fingerprint density at radius 1 is 1.47 bits per heavy atom. The summed E-state index contributed by atoms with van der Waals surface area (Å²) in [6.07, 6.45) is 5.98. The van der Waals surface area contributed by atoms with Crippen LogP contribution in [0.4, 0.5) is 0 Å². The number of hydrogen-bond acceptors (Lipinski definition) is 2. The van der Waals surface area contributed by atoms with Crippen molar-refractivity contribution in [3.8, 4) is 0 Å². The van der Waals surface area contributed by atoms with Gasteiger partial charge in [-0.05, 0) is 25.2 Å². The summed E-state index contributed by atoms with van der Waals surface area (Å²) in [6, 6.07) is 0. The summed E-state index contributed by atoms with van der Waals surface area (Å²) in [6.45, 7) is 2.25. The lowest BCUT2D eigenvalue weighted by Gasteiger charge is -2.21. The van der Waals surface area contributed by atoms with Crippen LogP contribution in [0.2, 0.25) is 5.15 Å². The first-order chi connectivity index (χ1) is 8.13. The molecule has 1 unspecified atom stereocenters. The summed E-state index contributed by atoms with van der Waals surface area (Å²) >= 11 is 6.24. The first-order valence-electron chi connectivity index (χ1n) is 6.42. The quantitative estimate of drug-likeness (QED) is 0.900. The van der Waals surface area contributed by atoms with E-state index < -0.39 is 0 Å². The van der Waals surface area contributed by atoms with Crippen molar-refractivity contribution in [3.63, 3.8) is 0 Å². The van der Waals surface area contributed by atoms with Crippen LogP contribution >= 0.6 is 11.6 Å². The van der Waals surface area contributed by atoms with Crippen LogP contribution in [0.25, 0.3) is 0 Å². The lowest BCUT2D eigenvalue weighted by molar-refractivity contribution is 0.175. The Kier molecular flexibility index (Phi) is 4.10. The molecular weight excluding hydrogens is 236 g/mol. The zero-order chi connectivity index (χ0) is 12.4. The number of aliphatic hydroxyl groups excluding tert-OH is 1. The van der Waals surface area contributed by atoms with Crippen molar-refractivity contribution >= 4 is 11.6 Å². The van der Waals surface area contributed by atoms with Gasteiger partial charge in [-0.25, -0.2) is 0 Å². The molecule has 1 heterocycles. The molecule has 3 nitrogen and oxygen atoms in total. The van der Waals surface area contributed by atoms with E-state index in [0.717, 1.165) is 22.8 Å². The van der Waals surface area contributed by atoms with Gasteiger partial charge in [0.25, 0.3) is 0 Å². The molecule has 17 heavy (non-hydrogen) atoms. The van der Waals surface area contributed by atoms with Crippen LogP contribution in [0.15, 0.2) is 0 Å². The number of aryl methyl sites for hydroxylation is 2. The van der Waals surface area contributed by atoms with Gasteiger partial charge < -0.3 is 5.11 Å². The molecule has 1 aromatic rings. The Bertz CT molecular complexity index is 383. The summed E-state index contributed by atoms with van der Waals surface area (Å²) in [4.78, 5) is 0. The van der Waals surface area contributed by atoms with Crippen molar-refractivity contribution in [1.29, 1.82) is 0 Å². The molecule has 1 aliphatic rings. The number of halogens is 1. The summed E-state index contributed by atoms with van der Waals surface area (Å²) in [7, 11) is 1.86. The first kappa shape index (κ1) is 12.9. The molecule has 0 aliphatic heterocycles. The van der Waals surface area contributed by atoms with Crippen LogP contribution in [-0.2, 0) is 13.5 Å². The van der Waals surface area contributed by atoms with Gasteiger partial charge in [0.2, 0.25) is 0 Å². The lowest BCUT2D eigenvalue weighted by atomic mass is 9.86. The third-order valence-electron chi connectivity index (χ3n) is 4.04. The van der Waals surface area contributed by atoms with Gasteiger partial charge >= 0.3 is 0 Å². The highest BCUT2D eigenvalue weighted by Gasteiger charge is 2.26. The van der Waals surface area contributed by atoms with Crippen LogP contribution in [0.1, 0.15) is 36.9 Å². The third-order valence-corrected chi connectivity index (χ3v) is 4.51. The van der Waals surface area contributed by atoms with E-state index in [4.69, 9.17) is 11.6 Å². The van der Waals surface area contributed by atoms with Gasteiger partial charge in [-0.15, -0.1) is 0 Å². The maximum atomic E-state index is 9.57. The standard InChI is InChI=1S/C13H21ClN2O/c1-9-12(13(14)16(2)15-9)7-11(8-17)10-5-3-4-6-10/h10-11,17H,3-8H2,1-2H3. The summed E-state index contributed by atoms with van der Waals surface area (Å²) in [5.41, 5.74) is 2.11. The predicted molar refractivity (Wildman–Crippen MR) is 69.2 cm³/mol. The molecule has 1 N–H and O–H groups in total. The molecule has 1 fully saturated rings. The maximum absolute atomic E-state index is 9.57. The molecule has 1 aliphatic carbocycles. The second kappa shape index (κ2) is 5.40. The average molecular weight is 257 g/mol. The Hall–Kier alpha value is -0.540. The van der Waals surface area contributed by atoms with Gasteiger partial charge in [-0.1, -0.05) is 37.3 Å². The summed E-state index contributed by atoms with van der Waals surface area (Å²) < 4.78 is 1.72. The zero-order valence-corrected chi connectivity index (χ0v) is 11.4. The van der Waals surface area contributed by atoms with Crippen molar-refractivity contribution in [2.24, 2.45) is 18.9 Å². The van der Waals surface area contributed by atoms with E-state index >= 15 is 0 Å². The number of aliphatic hydroxyl groups is 1. The first-order valence-corrected chi connectivity index (χ1v) is 6.80. The van der Waals surface area contributed by atoms with E-state index in [1.165, 1.54) is 25.7 Å². The normalized spacial score (nSPS) is 18.8. The van der Waals surface area contributed by atoms with E-state index in [2.05, 4.69) is 5.10 Å². The SMILES string of the molecule is Cc1nn(C)c(Cl)c1CC(CO)C1CCCC1. The van der Waals surface area contributed by atoms with Crippen LogP contribution in [0.5, 0.6) is 0 Å². The minimum absolute atomic E-state index is 0.259. The molecule has 2 rings (SSSR count). The van der Waals surface area contributed by atoms with Gasteiger partial charge in [-0.2, -0.15) is 5.10 Å². The molecule has 0 spiro atoms. The van der Waals surface area contributed by atoms with Crippen molar-refractivity contribution in [1.82, 2.24) is 9.78 Å². The summed E-state index contributed by atoms with van der Waals surface area (Å²) in [5, 5.41) is 14.6. The molecule has 0 saturated heterocycles. The molecule has 0 bridgehead atoms. The molecule has 1 saturated carbocycles. The van der Waals surface area contributed by atoms with Crippen LogP contribution in [0, 0.1) is 18.8 Å². The molecule has 0 aromatic carbocycles. The van der Waals surface area contributed by atoms with Crippen molar-refractivity contribution < 1.29 is 5.11 Å². The fourth-order valence-electron chi connectivity index (χ4n) is 2.98. The lowest BCUT2D eigenvalue weighted by Crippen LogP contribution is -2.19. The van der Waals surface area contributed by atoms with E-state index in [0.29, 0.717) is 11.8 Å². The van der Waals surface area contributed by atoms with Crippen LogP contribution < -0.4 is 0 Å². The molecule has 1 atom stereocenters. The minimum Gasteiger partial charge on any atom is -0.396 e. The monoisotopic (exact) mass is 256 g/mol. The largest absolute Gasteiger partial charge is 0.396 e. The predicted octanol–water partition coefficient (Wildman–Crippen LogP) is 2.72. The van der Waals surface area contributed by atoms with Gasteiger partial charge in [0.1, 0.15) is 5.15 Å². The van der Waals surface area contributed by atoms with Crippen molar-refractivity contribution in [2.75, 3.05) is 6.61 Å². The number of rotatable bonds is 4. The zero-order valence-electron chi connectivity index (χ0n) is 10.6. The fraction of sp³-hybridized carbons (Fsp3) is 0.769. The van der Waals surface area contributed by atoms with Gasteiger partial charge in [0.15, 0.2) is 0 Å². The molecule has 4 heteroatoms. The van der Waals surface area contributed by atoms with E-state index in [1.807, 2.05) is 14.0 Å². The smallest absolute Gasteiger partial charge is 0.130 e. The highest BCUT2D eigenvalue weighted by Crippen LogP contribution is 2.34. The van der Waals surface area contributed by atoms with Crippen LogP contribution in [-0.4, -0.2) is 21.5 Å². The molecular formula is C13H21ClN2O. The van der Waals surface area contributed by atoms with Gasteiger partial charge in [0, 0.05) is 19.2 Å². The van der Waals surface area contributed by atoms with E-state index in [1.54, 1.807) is 4.68 Å². The Balaban J connectivity index is 2.12. The molecule has 0 amide bonds. The van der Waals surface area contributed by atoms with Gasteiger partial charge in [0.05, 0.1) is 5.69 Å². The van der Waals surface area contributed by atoms with E-state index in [-0.39, 0.29) is 6.61 Å². The Morgan fingerprint density at radius 3 is 2.59 bits per heavy atom.